The monoisotopic (exact) mass is 428 g/mol. The van der Waals surface area contributed by atoms with E-state index in [0.29, 0.717) is 22.9 Å². The number of nitrogens with one attached hydrogen (secondary N) is 1. The third-order valence-corrected chi connectivity index (χ3v) is 5.55. The third kappa shape index (κ3) is 7.15. The number of halogens is 1. The number of anilines is 2. The normalized spacial score (nSPS) is 11.6. The first-order valence-corrected chi connectivity index (χ1v) is 12.5. The molecule has 2 aromatic heterocycles. The van der Waals surface area contributed by atoms with Crippen molar-refractivity contribution < 1.29 is 14.2 Å². The molecule has 0 fully saturated rings. The summed E-state index contributed by atoms with van der Waals surface area (Å²) in [4.78, 5) is 4.43. The predicted molar refractivity (Wildman–Crippen MR) is 104 cm³/mol. The van der Waals surface area contributed by atoms with Crippen molar-refractivity contribution in [1.82, 2.24) is 14.8 Å². The Kier molecular flexibility index (Phi) is 7.42. The fourth-order valence-electron chi connectivity index (χ4n) is 1.92. The highest BCUT2D eigenvalue weighted by atomic mass is 79.9. The Balaban J connectivity index is 1.83. The summed E-state index contributed by atoms with van der Waals surface area (Å²) in [5, 5.41) is 7.35. The second-order valence-electron chi connectivity index (χ2n) is 6.78. The lowest BCUT2D eigenvalue weighted by molar-refractivity contribution is 0.0213. The quantitative estimate of drug-likeness (QED) is 0.266. The Morgan fingerprint density at radius 1 is 1.28 bits per heavy atom. The molecule has 0 spiro atoms. The lowest BCUT2D eigenvalue weighted by atomic mass is 10.4. The van der Waals surface area contributed by atoms with Crippen LogP contribution in [0.4, 0.5) is 11.5 Å². The van der Waals surface area contributed by atoms with Gasteiger partial charge in [0.1, 0.15) is 12.5 Å². The van der Waals surface area contributed by atoms with E-state index in [-0.39, 0.29) is 6.79 Å². The smallest absolute Gasteiger partial charge is 0.189 e. The molecule has 0 aliphatic carbocycles. The van der Waals surface area contributed by atoms with Crippen LogP contribution >= 0.6 is 15.9 Å². The van der Waals surface area contributed by atoms with E-state index in [1.54, 1.807) is 18.0 Å². The van der Waals surface area contributed by atoms with Crippen molar-refractivity contribution in [2.24, 2.45) is 0 Å². The van der Waals surface area contributed by atoms with Gasteiger partial charge in [-0.25, -0.2) is 9.67 Å². The van der Waals surface area contributed by atoms with Crippen molar-refractivity contribution in [2.75, 3.05) is 25.8 Å². The largest absolute Gasteiger partial charge is 0.465 e. The van der Waals surface area contributed by atoms with Crippen LogP contribution in [0.15, 0.2) is 29.1 Å². The molecule has 0 saturated heterocycles. The summed E-state index contributed by atoms with van der Waals surface area (Å²) in [5.74, 6) is 1.34. The number of hydrogen-bond donors (Lipinski definition) is 1. The molecule has 0 atom stereocenters. The van der Waals surface area contributed by atoms with Gasteiger partial charge in [-0.3, -0.25) is 0 Å². The van der Waals surface area contributed by atoms with Gasteiger partial charge in [-0.15, -0.1) is 0 Å². The third-order valence-electron chi connectivity index (χ3n) is 3.28. The van der Waals surface area contributed by atoms with Crippen LogP contribution in [0.1, 0.15) is 0 Å². The first kappa shape index (κ1) is 19.9. The standard InChI is InChI=1S/C16H25BrN4O3Si/c1-22-11-21-10-13(9-18-21)19-15-6-5-14(16(17)20-15)24-12-23-7-8-25(2,3)4/h5-6,9-10H,7-8,11-12H2,1-4H3,(H,19,20). The Bertz CT molecular complexity index is 676. The van der Waals surface area contributed by atoms with E-state index in [0.717, 1.165) is 18.3 Å². The molecule has 0 amide bonds. The molecule has 1 N–H and O–H groups in total. The van der Waals surface area contributed by atoms with Gasteiger partial charge in [0.05, 0.1) is 18.1 Å². The summed E-state index contributed by atoms with van der Waals surface area (Å²) in [5.41, 5.74) is 0.833. The zero-order chi connectivity index (χ0) is 18.3. The molecule has 0 aliphatic rings. The lowest BCUT2D eigenvalue weighted by Crippen LogP contribution is -2.22. The van der Waals surface area contributed by atoms with Gasteiger partial charge in [-0.1, -0.05) is 19.6 Å². The summed E-state index contributed by atoms with van der Waals surface area (Å²) in [7, 11) is 0.555. The van der Waals surface area contributed by atoms with Crippen LogP contribution in [0, 0.1) is 0 Å². The predicted octanol–water partition coefficient (Wildman–Crippen LogP) is 4.08. The molecule has 7 nitrogen and oxygen atoms in total. The van der Waals surface area contributed by atoms with Gasteiger partial charge in [0, 0.05) is 21.8 Å². The van der Waals surface area contributed by atoms with Crippen LogP contribution in [0.2, 0.25) is 25.7 Å². The highest BCUT2D eigenvalue weighted by Gasteiger charge is 2.12. The van der Waals surface area contributed by atoms with E-state index in [4.69, 9.17) is 14.2 Å². The van der Waals surface area contributed by atoms with Gasteiger partial charge in [-0.05, 0) is 34.1 Å². The molecule has 0 aliphatic heterocycles. The van der Waals surface area contributed by atoms with Crippen LogP contribution in [-0.4, -0.2) is 43.3 Å². The Morgan fingerprint density at radius 3 is 2.76 bits per heavy atom. The van der Waals surface area contributed by atoms with Gasteiger partial charge in [-0.2, -0.15) is 5.10 Å². The first-order chi connectivity index (χ1) is 11.9. The van der Waals surface area contributed by atoms with E-state index in [1.807, 2.05) is 18.3 Å². The van der Waals surface area contributed by atoms with Crippen LogP contribution in [-0.2, 0) is 16.2 Å². The molecule has 2 heterocycles. The molecule has 9 heteroatoms. The van der Waals surface area contributed by atoms with Crippen LogP contribution in [0.5, 0.6) is 5.75 Å². The molecule has 0 radical (unpaired) electrons. The van der Waals surface area contributed by atoms with Crippen molar-refractivity contribution in [3.63, 3.8) is 0 Å². The van der Waals surface area contributed by atoms with E-state index in [1.165, 1.54) is 0 Å². The molecule has 0 aromatic carbocycles. The molecule has 25 heavy (non-hydrogen) atoms. The van der Waals surface area contributed by atoms with Crippen molar-refractivity contribution in [3.8, 4) is 5.75 Å². The highest BCUT2D eigenvalue weighted by molar-refractivity contribution is 9.10. The lowest BCUT2D eigenvalue weighted by Gasteiger charge is -2.15. The summed E-state index contributed by atoms with van der Waals surface area (Å²) in [6, 6.07) is 4.81. The van der Waals surface area contributed by atoms with Crippen molar-refractivity contribution in [2.45, 2.75) is 32.4 Å². The van der Waals surface area contributed by atoms with Gasteiger partial charge in [0.15, 0.2) is 17.1 Å². The van der Waals surface area contributed by atoms with Gasteiger partial charge in [0.25, 0.3) is 0 Å². The van der Waals surface area contributed by atoms with Crippen molar-refractivity contribution >= 4 is 35.5 Å². The average molecular weight is 429 g/mol. The fraction of sp³-hybridized carbons (Fsp3) is 0.500. The highest BCUT2D eigenvalue weighted by Crippen LogP contribution is 2.26. The number of methoxy groups -OCH3 is 1. The maximum absolute atomic E-state index is 5.62. The average Bonchev–Trinajstić information content (AvgIpc) is 2.95. The minimum atomic E-state index is -1.07. The Hall–Kier alpha value is -1.42. The van der Waals surface area contributed by atoms with E-state index in [9.17, 15) is 0 Å². The van der Waals surface area contributed by atoms with Crippen LogP contribution < -0.4 is 10.1 Å². The maximum Gasteiger partial charge on any atom is 0.189 e. The molecule has 0 unspecified atom stereocenters. The zero-order valence-electron chi connectivity index (χ0n) is 15.1. The van der Waals surface area contributed by atoms with Crippen LogP contribution in [0.3, 0.4) is 0 Å². The SMILES string of the molecule is COCn1cc(Nc2ccc(OCOCC[Si](C)(C)C)c(Br)n2)cn1. The van der Waals surface area contributed by atoms with Crippen LogP contribution in [0.25, 0.3) is 0 Å². The molecule has 138 valence electrons. The molecule has 2 rings (SSSR count). The summed E-state index contributed by atoms with van der Waals surface area (Å²) >= 11 is 3.43. The topological polar surface area (TPSA) is 70.4 Å². The van der Waals surface area contributed by atoms with Gasteiger partial charge in [0.2, 0.25) is 0 Å². The summed E-state index contributed by atoms with van der Waals surface area (Å²) in [6.07, 6.45) is 3.56. The van der Waals surface area contributed by atoms with Gasteiger partial charge < -0.3 is 19.5 Å². The van der Waals surface area contributed by atoms with E-state index >= 15 is 0 Å². The van der Waals surface area contributed by atoms with Crippen molar-refractivity contribution in [1.29, 1.82) is 0 Å². The maximum atomic E-state index is 5.62. The Labute approximate surface area is 157 Å². The van der Waals surface area contributed by atoms with E-state index in [2.05, 4.69) is 51.0 Å². The molecular weight excluding hydrogens is 404 g/mol. The van der Waals surface area contributed by atoms with Crippen molar-refractivity contribution in [3.05, 3.63) is 29.1 Å². The first-order valence-electron chi connectivity index (χ1n) is 8.03. The number of pyridine rings is 1. The second kappa shape index (κ2) is 9.32. The number of hydrogen-bond acceptors (Lipinski definition) is 6. The molecule has 0 saturated carbocycles. The number of ether oxygens (including phenoxy) is 3. The number of aromatic nitrogens is 3. The van der Waals surface area contributed by atoms with E-state index < -0.39 is 8.07 Å². The van der Waals surface area contributed by atoms with Gasteiger partial charge >= 0.3 is 0 Å². The summed E-state index contributed by atoms with van der Waals surface area (Å²) < 4.78 is 18.5. The molecular formula is C16H25BrN4O3Si. The minimum absolute atomic E-state index is 0.224. The minimum Gasteiger partial charge on any atom is -0.465 e. The number of nitrogens with zero attached hydrogens (tertiary/aromatic N) is 3. The fourth-order valence-corrected chi connectivity index (χ4v) is 3.11. The molecule has 2 aromatic rings. The summed E-state index contributed by atoms with van der Waals surface area (Å²) in [6.45, 7) is 8.32. The Morgan fingerprint density at radius 2 is 2.08 bits per heavy atom. The molecule has 0 bridgehead atoms. The zero-order valence-corrected chi connectivity index (χ0v) is 17.7. The second-order valence-corrected chi connectivity index (χ2v) is 13.2. The number of rotatable bonds is 10.